The van der Waals surface area contributed by atoms with E-state index in [4.69, 9.17) is 16.0 Å². The van der Waals surface area contributed by atoms with E-state index in [-0.39, 0.29) is 27.6 Å². The lowest BCUT2D eigenvalue weighted by Crippen LogP contribution is -2.31. The minimum absolute atomic E-state index is 0.0108. The zero-order valence-corrected chi connectivity index (χ0v) is 24.8. The topological polar surface area (TPSA) is 138 Å². The van der Waals surface area contributed by atoms with E-state index in [9.17, 15) is 21.6 Å². The molecule has 0 bridgehead atoms. The molecule has 0 atom stereocenters. The highest BCUT2D eigenvalue weighted by atomic mass is 35.5. The predicted octanol–water partition coefficient (Wildman–Crippen LogP) is 5.45. The minimum Gasteiger partial charge on any atom is -0.468 e. The van der Waals surface area contributed by atoms with Crippen molar-refractivity contribution in [2.24, 2.45) is 0 Å². The second-order valence-corrected chi connectivity index (χ2v) is 13.6. The molecular formula is C29H29ClN4O6S2. The number of carbonyl (C=O) groups is 1. The Labute approximate surface area is 249 Å². The Kier molecular flexibility index (Phi) is 8.88. The first-order valence-electron chi connectivity index (χ1n) is 13.2. The molecule has 220 valence electrons. The number of benzene rings is 3. The molecule has 1 aliphatic rings. The fourth-order valence-corrected chi connectivity index (χ4v) is 7.01. The van der Waals surface area contributed by atoms with Gasteiger partial charge in [0.2, 0.25) is 10.0 Å². The molecule has 1 amide bonds. The van der Waals surface area contributed by atoms with Crippen LogP contribution in [0.5, 0.6) is 0 Å². The molecule has 0 unspecified atom stereocenters. The van der Waals surface area contributed by atoms with Crippen LogP contribution in [0.25, 0.3) is 0 Å². The van der Waals surface area contributed by atoms with Gasteiger partial charge in [0.25, 0.3) is 15.9 Å². The maximum Gasteiger partial charge on any atom is 0.264 e. The molecule has 0 saturated carbocycles. The quantitative estimate of drug-likeness (QED) is 0.212. The van der Waals surface area contributed by atoms with Crippen LogP contribution < -0.4 is 19.7 Å². The lowest BCUT2D eigenvalue weighted by atomic mass is 10.1. The molecule has 13 heteroatoms. The molecule has 42 heavy (non-hydrogen) atoms. The molecule has 0 spiro atoms. The molecule has 10 nitrogen and oxygen atoms in total. The van der Waals surface area contributed by atoms with Crippen LogP contribution in [0.2, 0.25) is 5.02 Å². The molecule has 0 aliphatic carbocycles. The summed E-state index contributed by atoms with van der Waals surface area (Å²) in [5.74, 6) is -0.0622. The van der Waals surface area contributed by atoms with E-state index in [0.29, 0.717) is 22.2 Å². The molecule has 3 N–H and O–H groups in total. The third-order valence-corrected chi connectivity index (χ3v) is 9.82. The van der Waals surface area contributed by atoms with Gasteiger partial charge in [-0.1, -0.05) is 11.6 Å². The van der Waals surface area contributed by atoms with Crippen molar-refractivity contribution in [3.63, 3.8) is 0 Å². The minimum atomic E-state index is -4.04. The fourth-order valence-electron chi connectivity index (χ4n) is 4.58. The number of carbonyl (C=O) groups excluding carboxylic acids is 1. The van der Waals surface area contributed by atoms with Crippen molar-refractivity contribution in [3.05, 3.63) is 101 Å². The number of anilines is 3. The molecule has 1 fully saturated rings. The zero-order chi connectivity index (χ0) is 29.7. The normalized spacial score (nSPS) is 14.0. The van der Waals surface area contributed by atoms with Gasteiger partial charge in [-0.05, 0) is 98.1 Å². The summed E-state index contributed by atoms with van der Waals surface area (Å²) < 4.78 is 62.5. The zero-order valence-electron chi connectivity index (χ0n) is 22.4. The van der Waals surface area contributed by atoms with Crippen LogP contribution in [0.3, 0.4) is 0 Å². The van der Waals surface area contributed by atoms with Crippen LogP contribution in [-0.2, 0) is 26.6 Å². The van der Waals surface area contributed by atoms with Gasteiger partial charge in [-0.3, -0.25) is 9.52 Å². The van der Waals surface area contributed by atoms with E-state index in [0.717, 1.165) is 32.4 Å². The van der Waals surface area contributed by atoms with Gasteiger partial charge in [0.1, 0.15) is 10.7 Å². The molecule has 3 aromatic carbocycles. The number of hydrogen-bond acceptors (Lipinski definition) is 7. The van der Waals surface area contributed by atoms with E-state index in [2.05, 4.69) is 14.8 Å². The van der Waals surface area contributed by atoms with Crippen molar-refractivity contribution in [1.29, 1.82) is 0 Å². The van der Waals surface area contributed by atoms with Crippen LogP contribution in [0.4, 0.5) is 17.1 Å². The maximum atomic E-state index is 13.6. The van der Waals surface area contributed by atoms with E-state index in [1.54, 1.807) is 48.5 Å². The van der Waals surface area contributed by atoms with Gasteiger partial charge in [-0.15, -0.1) is 0 Å². The highest BCUT2D eigenvalue weighted by Crippen LogP contribution is 2.32. The standard InChI is InChI=1S/C29H29ClN4O6S2/c30-22-8-10-23(11-9-22)33-42(38,39)28-19-24(12-15-27(28)34-16-2-1-3-17-34)32-29(35)21-6-13-26(14-7-21)41(36,37)31-20-25-5-4-18-40-25/h4-15,18-19,31,33H,1-3,16-17,20H2,(H,32,35). The van der Waals surface area contributed by atoms with Crippen LogP contribution in [0.1, 0.15) is 35.4 Å². The molecule has 1 saturated heterocycles. The molecule has 1 aromatic heterocycles. The molecule has 5 rings (SSSR count). The Morgan fingerprint density at radius 3 is 2.19 bits per heavy atom. The number of hydrogen-bond donors (Lipinski definition) is 3. The number of amides is 1. The number of nitrogens with zero attached hydrogens (tertiary/aromatic N) is 1. The average Bonchev–Trinajstić information content (AvgIpc) is 3.52. The van der Waals surface area contributed by atoms with E-state index in [1.807, 2.05) is 4.90 Å². The summed E-state index contributed by atoms with van der Waals surface area (Å²) >= 11 is 5.95. The number of nitrogens with one attached hydrogen (secondary N) is 3. The molecular weight excluding hydrogens is 600 g/mol. The van der Waals surface area contributed by atoms with Crippen molar-refractivity contribution in [2.45, 2.75) is 35.6 Å². The van der Waals surface area contributed by atoms with Gasteiger partial charge < -0.3 is 14.6 Å². The molecule has 2 heterocycles. The second kappa shape index (κ2) is 12.6. The Bertz CT molecular complexity index is 1750. The van der Waals surface area contributed by atoms with Gasteiger partial charge in [0.05, 0.1) is 23.4 Å². The Hall–Kier alpha value is -3.84. The van der Waals surface area contributed by atoms with Crippen molar-refractivity contribution < 1.29 is 26.0 Å². The summed E-state index contributed by atoms with van der Waals surface area (Å²) in [6, 6.07) is 19.8. The van der Waals surface area contributed by atoms with Crippen LogP contribution in [-0.4, -0.2) is 35.8 Å². The fraction of sp³-hybridized carbons (Fsp3) is 0.207. The Balaban J connectivity index is 1.36. The first-order chi connectivity index (χ1) is 20.1. The van der Waals surface area contributed by atoms with Crippen molar-refractivity contribution in [3.8, 4) is 0 Å². The number of halogens is 1. The van der Waals surface area contributed by atoms with Crippen LogP contribution in [0.15, 0.2) is 99.3 Å². The predicted molar refractivity (Wildman–Crippen MR) is 162 cm³/mol. The maximum absolute atomic E-state index is 13.6. The lowest BCUT2D eigenvalue weighted by Gasteiger charge is -2.30. The summed E-state index contributed by atoms with van der Waals surface area (Å²) in [6.07, 6.45) is 4.43. The third kappa shape index (κ3) is 7.13. The largest absolute Gasteiger partial charge is 0.468 e. The van der Waals surface area contributed by atoms with Gasteiger partial charge in [-0.25, -0.2) is 21.6 Å². The van der Waals surface area contributed by atoms with Crippen molar-refractivity contribution in [2.75, 3.05) is 28.0 Å². The summed E-state index contributed by atoms with van der Waals surface area (Å²) in [7, 11) is -7.87. The van der Waals surface area contributed by atoms with E-state index in [1.165, 1.54) is 36.6 Å². The van der Waals surface area contributed by atoms with Gasteiger partial charge in [-0.2, -0.15) is 0 Å². The molecule has 0 radical (unpaired) electrons. The Morgan fingerprint density at radius 1 is 0.833 bits per heavy atom. The summed E-state index contributed by atoms with van der Waals surface area (Å²) in [6.45, 7) is 1.44. The molecule has 1 aliphatic heterocycles. The monoisotopic (exact) mass is 628 g/mol. The van der Waals surface area contributed by atoms with Crippen molar-refractivity contribution >= 4 is 54.6 Å². The highest BCUT2D eigenvalue weighted by molar-refractivity contribution is 7.93. The summed E-state index contributed by atoms with van der Waals surface area (Å²) in [4.78, 5) is 15.1. The van der Waals surface area contributed by atoms with Gasteiger partial charge >= 0.3 is 0 Å². The Morgan fingerprint density at radius 2 is 1.52 bits per heavy atom. The van der Waals surface area contributed by atoms with Crippen LogP contribution >= 0.6 is 11.6 Å². The lowest BCUT2D eigenvalue weighted by molar-refractivity contribution is 0.102. The average molecular weight is 629 g/mol. The first kappa shape index (κ1) is 29.6. The highest BCUT2D eigenvalue weighted by Gasteiger charge is 2.25. The third-order valence-electron chi connectivity index (χ3n) is 6.74. The SMILES string of the molecule is O=C(Nc1ccc(N2CCCCC2)c(S(=O)(=O)Nc2ccc(Cl)cc2)c1)c1ccc(S(=O)(=O)NCc2ccco2)cc1. The van der Waals surface area contributed by atoms with Gasteiger partial charge in [0.15, 0.2) is 0 Å². The number of piperidine rings is 1. The van der Waals surface area contributed by atoms with Gasteiger partial charge in [0, 0.05) is 35.1 Å². The first-order valence-corrected chi connectivity index (χ1v) is 16.6. The van der Waals surface area contributed by atoms with E-state index >= 15 is 0 Å². The van der Waals surface area contributed by atoms with Crippen LogP contribution in [0, 0.1) is 0 Å². The van der Waals surface area contributed by atoms with E-state index < -0.39 is 26.0 Å². The number of rotatable bonds is 10. The summed E-state index contributed by atoms with van der Waals surface area (Å²) in [5, 5.41) is 3.21. The smallest absolute Gasteiger partial charge is 0.264 e. The number of furan rings is 1. The number of sulfonamides is 2. The van der Waals surface area contributed by atoms with Crippen molar-refractivity contribution in [1.82, 2.24) is 4.72 Å². The summed E-state index contributed by atoms with van der Waals surface area (Å²) in [5.41, 5.74) is 1.37. The second-order valence-electron chi connectivity index (χ2n) is 9.73. The molecule has 4 aromatic rings.